The summed E-state index contributed by atoms with van der Waals surface area (Å²) >= 11 is 0. The first-order valence-electron chi connectivity index (χ1n) is 2.84. The average molecular weight is 127 g/mol. The molecule has 0 bridgehead atoms. The van der Waals surface area contributed by atoms with Gasteiger partial charge in [0, 0.05) is 6.42 Å². The Kier molecular flexibility index (Phi) is 1.42. The topological polar surface area (TPSA) is 49.3 Å². The summed E-state index contributed by atoms with van der Waals surface area (Å²) in [5, 5.41) is 11.2. The Hall–Kier alpha value is -0.990. The van der Waals surface area contributed by atoms with Gasteiger partial charge in [0.25, 0.3) is 0 Å². The highest BCUT2D eigenvalue weighted by molar-refractivity contribution is 5.74. The van der Waals surface area contributed by atoms with Crippen molar-refractivity contribution in [2.24, 2.45) is 0 Å². The van der Waals surface area contributed by atoms with Crippen molar-refractivity contribution in [3.8, 4) is 0 Å². The molecule has 0 saturated heterocycles. The van der Waals surface area contributed by atoms with Crippen LogP contribution in [0.25, 0.3) is 0 Å². The summed E-state index contributed by atoms with van der Waals surface area (Å²) in [6.45, 7) is 1.91. The molecule has 1 aliphatic heterocycles. The maximum Gasteiger partial charge on any atom is 0.326 e. The number of rotatable bonds is 1. The molecule has 3 heteroatoms. The molecule has 9 heavy (non-hydrogen) atoms. The van der Waals surface area contributed by atoms with Gasteiger partial charge in [-0.25, -0.2) is 4.79 Å². The van der Waals surface area contributed by atoms with Gasteiger partial charge in [-0.05, 0) is 13.1 Å². The monoisotopic (exact) mass is 127 g/mol. The average Bonchev–Trinajstić information content (AvgIpc) is 2.14. The van der Waals surface area contributed by atoms with Crippen LogP contribution in [-0.2, 0) is 4.79 Å². The van der Waals surface area contributed by atoms with Crippen molar-refractivity contribution >= 4 is 5.97 Å². The second-order valence-corrected chi connectivity index (χ2v) is 2.25. The van der Waals surface area contributed by atoms with E-state index in [0.29, 0.717) is 6.42 Å². The molecular formula is C6H9NO2. The van der Waals surface area contributed by atoms with E-state index in [1.165, 1.54) is 0 Å². The molecular weight excluding hydrogens is 118 g/mol. The Balaban J connectivity index is 2.47. The Bertz CT molecular complexity index is 162. The molecule has 2 N–H and O–H groups in total. The van der Waals surface area contributed by atoms with Crippen molar-refractivity contribution < 1.29 is 9.90 Å². The van der Waals surface area contributed by atoms with Gasteiger partial charge in [-0.2, -0.15) is 0 Å². The van der Waals surface area contributed by atoms with Gasteiger partial charge in [-0.3, -0.25) is 0 Å². The maximum atomic E-state index is 10.3. The van der Waals surface area contributed by atoms with Crippen LogP contribution in [0, 0.1) is 0 Å². The molecule has 1 atom stereocenters. The van der Waals surface area contributed by atoms with E-state index in [1.54, 1.807) is 6.20 Å². The van der Waals surface area contributed by atoms with Crippen molar-refractivity contribution in [1.82, 2.24) is 5.32 Å². The second kappa shape index (κ2) is 2.09. The first-order valence-corrected chi connectivity index (χ1v) is 2.84. The van der Waals surface area contributed by atoms with Gasteiger partial charge >= 0.3 is 5.97 Å². The minimum Gasteiger partial charge on any atom is -0.480 e. The van der Waals surface area contributed by atoms with Gasteiger partial charge in [0.05, 0.1) is 0 Å². The molecule has 0 aromatic rings. The molecule has 0 aliphatic carbocycles. The fraction of sp³-hybridized carbons (Fsp3) is 0.500. The summed E-state index contributed by atoms with van der Waals surface area (Å²) in [7, 11) is 0. The third-order valence-corrected chi connectivity index (χ3v) is 1.36. The zero-order valence-corrected chi connectivity index (χ0v) is 5.22. The summed E-state index contributed by atoms with van der Waals surface area (Å²) < 4.78 is 0. The first kappa shape index (κ1) is 6.13. The summed E-state index contributed by atoms with van der Waals surface area (Å²) in [4.78, 5) is 10.3. The highest BCUT2D eigenvalue weighted by atomic mass is 16.4. The SMILES string of the molecule is CC1=CN[C@H](C(=O)O)C1. The third-order valence-electron chi connectivity index (χ3n) is 1.36. The molecule has 50 valence electrons. The lowest BCUT2D eigenvalue weighted by atomic mass is 10.2. The smallest absolute Gasteiger partial charge is 0.326 e. The van der Waals surface area contributed by atoms with Gasteiger partial charge in [0.15, 0.2) is 0 Å². The molecule has 0 aromatic carbocycles. The van der Waals surface area contributed by atoms with E-state index >= 15 is 0 Å². The van der Waals surface area contributed by atoms with Crippen molar-refractivity contribution in [2.75, 3.05) is 0 Å². The number of carboxylic acid groups (broad SMARTS) is 1. The molecule has 0 spiro atoms. The van der Waals surface area contributed by atoms with Crippen molar-refractivity contribution in [1.29, 1.82) is 0 Å². The van der Waals surface area contributed by atoms with Crippen LogP contribution in [-0.4, -0.2) is 17.1 Å². The molecule has 3 nitrogen and oxygen atoms in total. The highest BCUT2D eigenvalue weighted by Crippen LogP contribution is 2.10. The molecule has 0 unspecified atom stereocenters. The Labute approximate surface area is 53.4 Å². The Morgan fingerprint density at radius 3 is 2.89 bits per heavy atom. The maximum absolute atomic E-state index is 10.3. The minimum atomic E-state index is -0.775. The third kappa shape index (κ3) is 1.22. The number of hydrogen-bond acceptors (Lipinski definition) is 2. The van der Waals surface area contributed by atoms with E-state index in [0.717, 1.165) is 5.57 Å². The van der Waals surface area contributed by atoms with Crippen LogP contribution in [0.1, 0.15) is 13.3 Å². The van der Waals surface area contributed by atoms with E-state index < -0.39 is 5.97 Å². The summed E-state index contributed by atoms with van der Waals surface area (Å²) in [5.41, 5.74) is 1.10. The highest BCUT2D eigenvalue weighted by Gasteiger charge is 2.19. The van der Waals surface area contributed by atoms with Crippen LogP contribution in [0.4, 0.5) is 0 Å². The van der Waals surface area contributed by atoms with E-state index in [2.05, 4.69) is 5.32 Å². The van der Waals surface area contributed by atoms with Gasteiger partial charge in [0.1, 0.15) is 6.04 Å². The predicted octanol–water partition coefficient (Wildman–Crippen LogP) is 0.337. The molecule has 1 heterocycles. The molecule has 1 rings (SSSR count). The fourth-order valence-electron chi connectivity index (χ4n) is 0.841. The Morgan fingerprint density at radius 2 is 2.67 bits per heavy atom. The molecule has 0 saturated carbocycles. The van der Waals surface area contributed by atoms with E-state index in [4.69, 9.17) is 5.11 Å². The van der Waals surface area contributed by atoms with Crippen LogP contribution >= 0.6 is 0 Å². The van der Waals surface area contributed by atoms with E-state index in [-0.39, 0.29) is 6.04 Å². The fourth-order valence-corrected chi connectivity index (χ4v) is 0.841. The van der Waals surface area contributed by atoms with E-state index in [9.17, 15) is 4.79 Å². The number of nitrogens with one attached hydrogen (secondary N) is 1. The van der Waals surface area contributed by atoms with Crippen LogP contribution in [0.3, 0.4) is 0 Å². The molecule has 1 aliphatic rings. The quantitative estimate of drug-likeness (QED) is 0.534. The zero-order valence-electron chi connectivity index (χ0n) is 5.22. The first-order chi connectivity index (χ1) is 4.20. The van der Waals surface area contributed by atoms with Crippen molar-refractivity contribution in [2.45, 2.75) is 19.4 Å². The lowest BCUT2D eigenvalue weighted by Crippen LogP contribution is -2.28. The standard InChI is InChI=1S/C6H9NO2/c1-4-2-5(6(8)9)7-3-4/h3,5,7H,2H2,1H3,(H,8,9)/t5-/m0/s1. The summed E-state index contributed by atoms with van der Waals surface area (Å²) in [6, 6.07) is -0.384. The van der Waals surface area contributed by atoms with Crippen LogP contribution in [0.5, 0.6) is 0 Å². The summed E-state index contributed by atoms with van der Waals surface area (Å²) in [5.74, 6) is -0.775. The van der Waals surface area contributed by atoms with Crippen LogP contribution in [0.2, 0.25) is 0 Å². The number of hydrogen-bond donors (Lipinski definition) is 2. The van der Waals surface area contributed by atoms with Crippen molar-refractivity contribution in [3.63, 3.8) is 0 Å². The lowest BCUT2D eigenvalue weighted by molar-refractivity contribution is -0.138. The Morgan fingerprint density at radius 1 is 2.00 bits per heavy atom. The van der Waals surface area contributed by atoms with Crippen LogP contribution < -0.4 is 5.32 Å². The van der Waals surface area contributed by atoms with Crippen molar-refractivity contribution in [3.05, 3.63) is 11.8 Å². The molecule has 0 radical (unpaired) electrons. The van der Waals surface area contributed by atoms with Gasteiger partial charge in [0.2, 0.25) is 0 Å². The molecule has 0 aromatic heterocycles. The second-order valence-electron chi connectivity index (χ2n) is 2.25. The minimum absolute atomic E-state index is 0.384. The van der Waals surface area contributed by atoms with Gasteiger partial charge in [-0.15, -0.1) is 0 Å². The zero-order chi connectivity index (χ0) is 6.85. The molecule has 0 amide bonds. The summed E-state index contributed by atoms with van der Waals surface area (Å²) in [6.07, 6.45) is 2.38. The lowest BCUT2D eigenvalue weighted by Gasteiger charge is -2.01. The van der Waals surface area contributed by atoms with Gasteiger partial charge in [-0.1, -0.05) is 5.57 Å². The number of carbonyl (C=O) groups is 1. The largest absolute Gasteiger partial charge is 0.480 e. The normalized spacial score (nSPS) is 25.0. The molecule has 0 fully saturated rings. The number of carboxylic acids is 1. The predicted molar refractivity (Wildman–Crippen MR) is 32.9 cm³/mol. The van der Waals surface area contributed by atoms with E-state index in [1.807, 2.05) is 6.92 Å². The number of aliphatic carboxylic acids is 1. The van der Waals surface area contributed by atoms with Gasteiger partial charge < -0.3 is 10.4 Å². The van der Waals surface area contributed by atoms with Crippen LogP contribution in [0.15, 0.2) is 11.8 Å².